The third kappa shape index (κ3) is 5.95. The fraction of sp³-hybridized carbons (Fsp3) is 0.700. The van der Waals surface area contributed by atoms with E-state index in [0.29, 0.717) is 12.3 Å². The fourth-order valence-electron chi connectivity index (χ4n) is 6.98. The normalized spacial score (nSPS) is 36.4. The monoisotopic (exact) mass is 575 g/mol. The van der Waals surface area contributed by atoms with Crippen LogP contribution in [0.2, 0.25) is 0 Å². The predicted molar refractivity (Wildman–Crippen MR) is 143 cm³/mol. The van der Waals surface area contributed by atoms with Crippen LogP contribution in [0, 0.1) is 23.7 Å². The number of fused-ring (bicyclic) bond motifs is 2. The van der Waals surface area contributed by atoms with E-state index < -0.39 is 47.9 Å². The molecule has 6 rings (SSSR count). The molecule has 226 valence electrons. The first kappa shape index (κ1) is 29.8. The molecule has 0 aromatic heterocycles. The van der Waals surface area contributed by atoms with Crippen molar-refractivity contribution in [3.05, 3.63) is 29.8 Å². The van der Waals surface area contributed by atoms with E-state index in [2.05, 4.69) is 12.2 Å². The summed E-state index contributed by atoms with van der Waals surface area (Å²) in [4.78, 5) is 50.0. The van der Waals surface area contributed by atoms with Gasteiger partial charge in [0.05, 0.1) is 13.0 Å². The topological polar surface area (TPSA) is 139 Å². The molecule has 4 heterocycles. The highest BCUT2D eigenvalue weighted by molar-refractivity contribution is 5.86. The lowest BCUT2D eigenvalue weighted by atomic mass is 9.58. The zero-order valence-corrected chi connectivity index (χ0v) is 24.1. The number of rotatable bonds is 9. The summed E-state index contributed by atoms with van der Waals surface area (Å²) in [5.74, 6) is -2.02. The SMILES string of the molecule is CCOC(=O)[C@H](Cc1ccc(O)cc1)NC(=O)CCC(=O)O[C@H]1O[C@@H]2O[C@@]3(C)CC[C@@H]4[C@H](C)CC[C@H]([C@H]1C)[C@]24OO3. The van der Waals surface area contributed by atoms with Crippen LogP contribution in [-0.4, -0.2) is 59.6 Å². The lowest BCUT2D eigenvalue weighted by Gasteiger charge is -2.59. The predicted octanol–water partition coefficient (Wildman–Crippen LogP) is 3.51. The van der Waals surface area contributed by atoms with Crippen LogP contribution in [0.1, 0.15) is 71.8 Å². The second-order valence-electron chi connectivity index (χ2n) is 12.0. The van der Waals surface area contributed by atoms with Crippen molar-refractivity contribution in [1.29, 1.82) is 0 Å². The molecule has 11 heteroatoms. The summed E-state index contributed by atoms with van der Waals surface area (Å²) in [6, 6.07) is 5.40. The molecule has 9 atom stereocenters. The summed E-state index contributed by atoms with van der Waals surface area (Å²) in [5.41, 5.74) is -0.0195. The number of carbonyl (C=O) groups is 3. The maximum Gasteiger partial charge on any atom is 0.328 e. The van der Waals surface area contributed by atoms with Gasteiger partial charge in [-0.15, -0.1) is 0 Å². The molecule has 1 aliphatic carbocycles. The van der Waals surface area contributed by atoms with Gasteiger partial charge in [0.1, 0.15) is 11.8 Å². The van der Waals surface area contributed by atoms with E-state index in [4.69, 9.17) is 28.7 Å². The molecule has 2 N–H and O–H groups in total. The number of phenols is 1. The number of carbonyl (C=O) groups excluding carboxylic acids is 3. The van der Waals surface area contributed by atoms with E-state index in [1.165, 1.54) is 12.1 Å². The summed E-state index contributed by atoms with van der Waals surface area (Å²) in [5, 5.41) is 12.2. The molecule has 0 radical (unpaired) electrons. The first-order valence-corrected chi connectivity index (χ1v) is 14.7. The Labute approximate surface area is 240 Å². The summed E-state index contributed by atoms with van der Waals surface area (Å²) >= 11 is 0. The smallest absolute Gasteiger partial charge is 0.328 e. The van der Waals surface area contributed by atoms with Gasteiger partial charge in [-0.3, -0.25) is 9.59 Å². The Morgan fingerprint density at radius 2 is 1.83 bits per heavy atom. The lowest BCUT2D eigenvalue weighted by Crippen LogP contribution is -2.70. The molecule has 2 bridgehead atoms. The van der Waals surface area contributed by atoms with Gasteiger partial charge in [0.15, 0.2) is 11.9 Å². The van der Waals surface area contributed by atoms with Crippen LogP contribution in [0.4, 0.5) is 0 Å². The zero-order chi connectivity index (χ0) is 29.4. The highest BCUT2D eigenvalue weighted by Crippen LogP contribution is 2.60. The second-order valence-corrected chi connectivity index (χ2v) is 12.0. The molecule has 4 aliphatic heterocycles. The van der Waals surface area contributed by atoms with Crippen molar-refractivity contribution in [2.24, 2.45) is 23.7 Å². The van der Waals surface area contributed by atoms with Gasteiger partial charge < -0.3 is 29.4 Å². The molecule has 1 saturated carbocycles. The third-order valence-electron chi connectivity index (χ3n) is 9.18. The minimum atomic E-state index is -0.936. The van der Waals surface area contributed by atoms with E-state index in [0.717, 1.165) is 24.8 Å². The van der Waals surface area contributed by atoms with Crippen molar-refractivity contribution in [2.45, 2.75) is 103 Å². The van der Waals surface area contributed by atoms with Gasteiger partial charge in [-0.25, -0.2) is 14.6 Å². The number of nitrogens with one attached hydrogen (secondary N) is 1. The molecule has 0 unspecified atom stereocenters. The largest absolute Gasteiger partial charge is 0.508 e. The Morgan fingerprint density at radius 3 is 2.56 bits per heavy atom. The van der Waals surface area contributed by atoms with Crippen LogP contribution in [0.15, 0.2) is 24.3 Å². The maximum absolute atomic E-state index is 12.9. The number of hydrogen-bond acceptors (Lipinski definition) is 10. The Morgan fingerprint density at radius 1 is 1.07 bits per heavy atom. The van der Waals surface area contributed by atoms with Crippen molar-refractivity contribution < 1.29 is 48.2 Å². The Bertz CT molecular complexity index is 1130. The van der Waals surface area contributed by atoms with Crippen molar-refractivity contribution in [3.8, 4) is 5.75 Å². The maximum atomic E-state index is 12.9. The summed E-state index contributed by atoms with van der Waals surface area (Å²) in [6.07, 6.45) is 1.72. The highest BCUT2D eigenvalue weighted by Gasteiger charge is 2.69. The third-order valence-corrected chi connectivity index (χ3v) is 9.18. The lowest BCUT2D eigenvalue weighted by molar-refractivity contribution is -0.576. The number of aromatic hydroxyl groups is 1. The Balaban J connectivity index is 1.19. The van der Waals surface area contributed by atoms with Crippen molar-refractivity contribution in [2.75, 3.05) is 6.61 Å². The standard InChI is InChI=1S/C30H41NO10/c1-5-36-26(35)23(16-19-7-9-20(32)10-8-19)31-24(33)12-13-25(34)37-27-18(3)22-11-6-17(2)21-14-15-29(4)39-28(38-27)30(21,22)41-40-29/h7-10,17-18,21-23,27-28,32H,5-6,11-16H2,1-4H3,(H,31,33)/t17-,18-,21-,22-,23+,27+,28-,29-,30+/m1/s1. The molecule has 1 aromatic carbocycles. The number of hydrogen-bond donors (Lipinski definition) is 2. The molecular formula is C30H41NO10. The van der Waals surface area contributed by atoms with Gasteiger partial charge >= 0.3 is 11.9 Å². The second kappa shape index (κ2) is 11.9. The minimum Gasteiger partial charge on any atom is -0.508 e. The number of ether oxygens (including phenoxy) is 4. The van der Waals surface area contributed by atoms with Crippen LogP contribution in [0.25, 0.3) is 0 Å². The number of phenolic OH excluding ortho intramolecular Hbond substituents is 1. The van der Waals surface area contributed by atoms with Crippen LogP contribution in [-0.2, 0) is 49.5 Å². The summed E-state index contributed by atoms with van der Waals surface area (Å²) in [6.45, 7) is 7.90. The van der Waals surface area contributed by atoms with Crippen molar-refractivity contribution in [3.63, 3.8) is 0 Å². The molecule has 5 fully saturated rings. The Kier molecular flexibility index (Phi) is 8.61. The van der Waals surface area contributed by atoms with Crippen LogP contribution in [0.5, 0.6) is 5.75 Å². The molecule has 1 spiro atoms. The van der Waals surface area contributed by atoms with Crippen LogP contribution in [0.3, 0.4) is 0 Å². The minimum absolute atomic E-state index is 0.0106. The summed E-state index contributed by atoms with van der Waals surface area (Å²) in [7, 11) is 0. The van der Waals surface area contributed by atoms with Gasteiger partial charge in [0.2, 0.25) is 18.0 Å². The van der Waals surface area contributed by atoms with Gasteiger partial charge in [-0.2, -0.15) is 0 Å². The number of amides is 1. The number of esters is 2. The summed E-state index contributed by atoms with van der Waals surface area (Å²) < 4.78 is 23.5. The Hall–Kier alpha value is -2.73. The van der Waals surface area contributed by atoms with Gasteiger partial charge in [0.25, 0.3) is 0 Å². The van der Waals surface area contributed by atoms with Crippen LogP contribution < -0.4 is 5.32 Å². The molecule has 41 heavy (non-hydrogen) atoms. The quantitative estimate of drug-likeness (QED) is 0.332. The molecular weight excluding hydrogens is 534 g/mol. The molecule has 5 aliphatic rings. The first-order chi connectivity index (χ1) is 19.5. The molecule has 11 nitrogen and oxygen atoms in total. The van der Waals surface area contributed by atoms with Gasteiger partial charge in [0, 0.05) is 31.1 Å². The van der Waals surface area contributed by atoms with Crippen molar-refractivity contribution >= 4 is 17.8 Å². The van der Waals surface area contributed by atoms with Gasteiger partial charge in [-0.1, -0.05) is 26.0 Å². The molecule has 1 amide bonds. The van der Waals surface area contributed by atoms with E-state index >= 15 is 0 Å². The number of benzene rings is 1. The average molecular weight is 576 g/mol. The van der Waals surface area contributed by atoms with Crippen molar-refractivity contribution in [1.82, 2.24) is 5.32 Å². The first-order valence-electron chi connectivity index (χ1n) is 14.7. The zero-order valence-electron chi connectivity index (χ0n) is 24.1. The van der Waals surface area contributed by atoms with E-state index in [-0.39, 0.29) is 49.4 Å². The fourth-order valence-corrected chi connectivity index (χ4v) is 6.98. The van der Waals surface area contributed by atoms with E-state index in [9.17, 15) is 19.5 Å². The van der Waals surface area contributed by atoms with E-state index in [1.807, 2.05) is 13.8 Å². The van der Waals surface area contributed by atoms with E-state index in [1.54, 1.807) is 19.1 Å². The average Bonchev–Trinajstić information content (AvgIpc) is 3.17. The highest BCUT2D eigenvalue weighted by atomic mass is 17.3. The van der Waals surface area contributed by atoms with Crippen LogP contribution >= 0.6 is 0 Å². The molecule has 1 aromatic rings. The van der Waals surface area contributed by atoms with Gasteiger partial charge in [-0.05, 0) is 62.6 Å². The molecule has 4 saturated heterocycles.